The van der Waals surface area contributed by atoms with Crippen LogP contribution in [-0.2, 0) is 4.79 Å². The van der Waals surface area contributed by atoms with E-state index in [0.29, 0.717) is 0 Å². The highest BCUT2D eigenvalue weighted by Gasteiger charge is 2.39. The first-order valence-electron chi connectivity index (χ1n) is 4.06. The molecule has 0 aliphatic rings. The summed E-state index contributed by atoms with van der Waals surface area (Å²) in [6, 6.07) is 0.812. The summed E-state index contributed by atoms with van der Waals surface area (Å²) < 4.78 is 35.8. The van der Waals surface area contributed by atoms with Crippen molar-refractivity contribution in [2.45, 2.75) is 6.18 Å². The SMILES string of the molecule is O=C(O)c1c(NC(=O)C(F)(F)F)[nH]ccc1=O. The highest BCUT2D eigenvalue weighted by molar-refractivity contribution is 6.00. The quantitative estimate of drug-likeness (QED) is 0.714. The second-order valence-corrected chi connectivity index (χ2v) is 2.85. The van der Waals surface area contributed by atoms with E-state index in [2.05, 4.69) is 0 Å². The number of carbonyl (C=O) groups is 2. The van der Waals surface area contributed by atoms with Crippen LogP contribution in [0.25, 0.3) is 0 Å². The highest BCUT2D eigenvalue weighted by Crippen LogP contribution is 2.18. The lowest BCUT2D eigenvalue weighted by Gasteiger charge is -2.09. The normalized spacial score (nSPS) is 11.0. The summed E-state index contributed by atoms with van der Waals surface area (Å²) in [5.74, 6) is -4.93. The molecule has 0 radical (unpaired) electrons. The predicted molar refractivity (Wildman–Crippen MR) is 48.7 cm³/mol. The number of alkyl halides is 3. The molecule has 0 aliphatic carbocycles. The Morgan fingerprint density at radius 1 is 1.35 bits per heavy atom. The monoisotopic (exact) mass is 250 g/mol. The van der Waals surface area contributed by atoms with Gasteiger partial charge in [0.05, 0.1) is 0 Å². The number of anilines is 1. The molecule has 1 amide bonds. The molecule has 0 saturated carbocycles. The third-order valence-corrected chi connectivity index (χ3v) is 1.67. The Hall–Kier alpha value is -2.32. The molecule has 9 heteroatoms. The third kappa shape index (κ3) is 2.83. The van der Waals surface area contributed by atoms with E-state index in [4.69, 9.17) is 5.11 Å². The highest BCUT2D eigenvalue weighted by atomic mass is 19.4. The number of aromatic nitrogens is 1. The maximum atomic E-state index is 11.9. The predicted octanol–water partition coefficient (Wildman–Crippen LogP) is 0.574. The third-order valence-electron chi connectivity index (χ3n) is 1.67. The van der Waals surface area contributed by atoms with Gasteiger partial charge in [-0.05, 0) is 0 Å². The van der Waals surface area contributed by atoms with Crippen molar-refractivity contribution in [2.24, 2.45) is 0 Å². The Balaban J connectivity index is 3.17. The number of carboxylic acids is 1. The van der Waals surface area contributed by atoms with Gasteiger partial charge in [0.25, 0.3) is 0 Å². The minimum Gasteiger partial charge on any atom is -0.477 e. The van der Waals surface area contributed by atoms with E-state index in [1.54, 1.807) is 0 Å². The van der Waals surface area contributed by atoms with Gasteiger partial charge in [0.15, 0.2) is 5.43 Å². The molecule has 0 aliphatic heterocycles. The second kappa shape index (κ2) is 4.28. The first-order valence-corrected chi connectivity index (χ1v) is 4.06. The fourth-order valence-corrected chi connectivity index (χ4v) is 0.975. The first-order chi connectivity index (χ1) is 7.73. The number of rotatable bonds is 2. The van der Waals surface area contributed by atoms with Gasteiger partial charge < -0.3 is 15.4 Å². The van der Waals surface area contributed by atoms with Gasteiger partial charge in [-0.1, -0.05) is 0 Å². The molecule has 6 nitrogen and oxygen atoms in total. The number of nitrogens with one attached hydrogen (secondary N) is 2. The molecule has 1 aromatic heterocycles. The van der Waals surface area contributed by atoms with Gasteiger partial charge in [0, 0.05) is 12.3 Å². The van der Waals surface area contributed by atoms with E-state index in [0.717, 1.165) is 12.3 Å². The summed E-state index contributed by atoms with van der Waals surface area (Å²) in [5.41, 5.74) is -1.99. The number of aromatic carboxylic acids is 1. The van der Waals surface area contributed by atoms with Crippen molar-refractivity contribution in [1.29, 1.82) is 0 Å². The van der Waals surface area contributed by atoms with Crippen molar-refractivity contribution < 1.29 is 27.9 Å². The molecular formula is C8H5F3N2O4. The number of aromatic amines is 1. The number of amides is 1. The van der Waals surface area contributed by atoms with Crippen LogP contribution in [0.15, 0.2) is 17.1 Å². The van der Waals surface area contributed by atoms with Crippen LogP contribution in [0.4, 0.5) is 19.0 Å². The van der Waals surface area contributed by atoms with Crippen LogP contribution in [0.1, 0.15) is 10.4 Å². The maximum absolute atomic E-state index is 11.9. The minimum atomic E-state index is -5.18. The molecular weight excluding hydrogens is 245 g/mol. The van der Waals surface area contributed by atoms with Crippen molar-refractivity contribution in [1.82, 2.24) is 4.98 Å². The molecule has 1 aromatic rings. The Kier molecular flexibility index (Phi) is 3.21. The number of hydrogen-bond acceptors (Lipinski definition) is 3. The molecule has 0 atom stereocenters. The standard InChI is InChI=1S/C8H5F3N2O4/c9-8(10,11)7(17)13-5-4(6(15)16)3(14)1-2-12-5/h1-2H,(H,15,16)(H2,12,13,14,17). The Bertz CT molecular complexity index is 520. The van der Waals surface area contributed by atoms with Gasteiger partial charge in [-0.2, -0.15) is 13.2 Å². The van der Waals surface area contributed by atoms with Crippen molar-refractivity contribution in [3.8, 4) is 0 Å². The molecule has 0 spiro atoms. The lowest BCUT2D eigenvalue weighted by Crippen LogP contribution is -2.32. The average molecular weight is 250 g/mol. The zero-order valence-electron chi connectivity index (χ0n) is 7.96. The summed E-state index contributed by atoms with van der Waals surface area (Å²) in [4.78, 5) is 34.3. The van der Waals surface area contributed by atoms with E-state index >= 15 is 0 Å². The molecule has 1 rings (SSSR count). The Labute approximate surface area is 91.1 Å². The smallest absolute Gasteiger partial charge is 0.471 e. The van der Waals surface area contributed by atoms with E-state index in [9.17, 15) is 27.6 Å². The fraction of sp³-hybridized carbons (Fsp3) is 0.125. The Morgan fingerprint density at radius 3 is 2.41 bits per heavy atom. The molecule has 3 N–H and O–H groups in total. The number of pyridine rings is 1. The summed E-state index contributed by atoms with van der Waals surface area (Å²) in [5, 5.41) is 9.88. The van der Waals surface area contributed by atoms with Crippen molar-refractivity contribution >= 4 is 17.7 Å². The summed E-state index contributed by atoms with van der Waals surface area (Å²) in [7, 11) is 0. The number of carbonyl (C=O) groups excluding carboxylic acids is 1. The number of halogens is 3. The van der Waals surface area contributed by atoms with Crippen LogP contribution in [0.2, 0.25) is 0 Å². The maximum Gasteiger partial charge on any atom is 0.471 e. The Morgan fingerprint density at radius 2 is 1.94 bits per heavy atom. The van der Waals surface area contributed by atoms with Gasteiger partial charge in [-0.15, -0.1) is 0 Å². The van der Waals surface area contributed by atoms with Crippen molar-refractivity contribution in [3.63, 3.8) is 0 Å². The van der Waals surface area contributed by atoms with Crippen LogP contribution in [0.3, 0.4) is 0 Å². The van der Waals surface area contributed by atoms with Crippen molar-refractivity contribution in [2.75, 3.05) is 5.32 Å². The van der Waals surface area contributed by atoms with Crippen LogP contribution < -0.4 is 10.7 Å². The molecule has 0 saturated heterocycles. The van der Waals surface area contributed by atoms with Gasteiger partial charge in [0.2, 0.25) is 0 Å². The largest absolute Gasteiger partial charge is 0.477 e. The molecule has 0 aromatic carbocycles. The number of H-pyrrole nitrogens is 1. The van der Waals surface area contributed by atoms with E-state index in [-0.39, 0.29) is 0 Å². The van der Waals surface area contributed by atoms with Gasteiger partial charge in [0.1, 0.15) is 11.4 Å². The van der Waals surface area contributed by atoms with Crippen LogP contribution in [0, 0.1) is 0 Å². The van der Waals surface area contributed by atoms with Gasteiger partial charge in [-0.3, -0.25) is 9.59 Å². The van der Waals surface area contributed by atoms with Gasteiger partial charge >= 0.3 is 18.1 Å². The molecule has 17 heavy (non-hydrogen) atoms. The van der Waals surface area contributed by atoms with Crippen LogP contribution >= 0.6 is 0 Å². The zero-order chi connectivity index (χ0) is 13.2. The molecule has 1 heterocycles. The average Bonchev–Trinajstić information content (AvgIpc) is 2.15. The summed E-state index contributed by atoms with van der Waals surface area (Å²) in [6.07, 6.45) is -4.26. The van der Waals surface area contributed by atoms with Gasteiger partial charge in [-0.25, -0.2) is 4.79 Å². The van der Waals surface area contributed by atoms with Crippen molar-refractivity contribution in [3.05, 3.63) is 28.0 Å². The van der Waals surface area contributed by atoms with E-state index in [1.165, 1.54) is 5.32 Å². The van der Waals surface area contributed by atoms with E-state index in [1.807, 2.05) is 4.98 Å². The minimum absolute atomic E-state index is 0.812. The van der Waals surface area contributed by atoms with Crippen LogP contribution in [-0.4, -0.2) is 28.1 Å². The second-order valence-electron chi connectivity index (χ2n) is 2.85. The molecule has 0 bridgehead atoms. The summed E-state index contributed by atoms with van der Waals surface area (Å²) in [6.45, 7) is 0. The topological polar surface area (TPSA) is 99.3 Å². The molecule has 0 unspecified atom stereocenters. The number of carboxylic acid groups (broad SMARTS) is 1. The molecule has 0 fully saturated rings. The zero-order valence-corrected chi connectivity index (χ0v) is 7.96. The lowest BCUT2D eigenvalue weighted by molar-refractivity contribution is -0.167. The fourth-order valence-electron chi connectivity index (χ4n) is 0.975. The summed E-state index contributed by atoms with van der Waals surface area (Å²) >= 11 is 0. The van der Waals surface area contributed by atoms with Crippen LogP contribution in [0.5, 0.6) is 0 Å². The first kappa shape index (κ1) is 12.7. The number of hydrogen-bond donors (Lipinski definition) is 3. The lowest BCUT2D eigenvalue weighted by atomic mass is 10.2. The molecule has 92 valence electrons. The van der Waals surface area contributed by atoms with E-state index < -0.39 is 34.9 Å².